The third kappa shape index (κ3) is 11.5. The molecule has 2 rings (SSSR count). The van der Waals surface area contributed by atoms with E-state index in [-0.39, 0.29) is 13.2 Å². The van der Waals surface area contributed by atoms with Crippen molar-refractivity contribution in [3.05, 3.63) is 82.4 Å². The molecule has 0 atom stereocenters. The number of nitrogens with zero attached hydrogens (tertiary/aromatic N) is 1. The number of nitrogens with one attached hydrogen (secondary N) is 2. The van der Waals surface area contributed by atoms with Crippen molar-refractivity contribution in [1.29, 1.82) is 0 Å². The van der Waals surface area contributed by atoms with Crippen LogP contribution in [0, 0.1) is 0 Å². The highest BCUT2D eigenvalue weighted by Gasteiger charge is 2.07. The molecule has 0 saturated carbocycles. The lowest BCUT2D eigenvalue weighted by atomic mass is 10.1. The van der Waals surface area contributed by atoms with E-state index in [9.17, 15) is 19.6 Å². The summed E-state index contributed by atoms with van der Waals surface area (Å²) in [5.41, 5.74) is 2.88. The van der Waals surface area contributed by atoms with Crippen LogP contribution in [-0.4, -0.2) is 48.4 Å². The zero-order valence-corrected chi connectivity index (χ0v) is 20.3. The van der Waals surface area contributed by atoms with E-state index in [1.54, 1.807) is 12.1 Å². The van der Waals surface area contributed by atoms with Crippen LogP contribution in [0.3, 0.4) is 0 Å². The molecule has 9 nitrogen and oxygen atoms in total. The number of rotatable bonds is 13. The highest BCUT2D eigenvalue weighted by atomic mass is 35.5. The van der Waals surface area contributed by atoms with E-state index in [4.69, 9.17) is 16.3 Å². The van der Waals surface area contributed by atoms with Crippen molar-refractivity contribution in [3.8, 4) is 0 Å². The first-order chi connectivity index (χ1) is 16.9. The Morgan fingerprint density at radius 3 is 2.26 bits per heavy atom. The third-order valence-corrected chi connectivity index (χ3v) is 5.12. The van der Waals surface area contributed by atoms with Gasteiger partial charge < -0.3 is 20.1 Å². The lowest BCUT2D eigenvalue weighted by molar-refractivity contribution is -0.159. The maximum absolute atomic E-state index is 11.9. The summed E-state index contributed by atoms with van der Waals surface area (Å²) < 4.78 is 9.62. The van der Waals surface area contributed by atoms with Gasteiger partial charge in [0.25, 0.3) is 5.91 Å². The van der Waals surface area contributed by atoms with E-state index in [2.05, 4.69) is 15.4 Å². The number of carbonyl (C=O) groups is 3. The molecular formula is C25H30ClN3O6. The fourth-order valence-corrected chi connectivity index (χ4v) is 3.00. The Labute approximate surface area is 209 Å². The van der Waals surface area contributed by atoms with Crippen LogP contribution < -0.4 is 10.6 Å². The van der Waals surface area contributed by atoms with E-state index in [1.807, 2.05) is 36.4 Å². The molecule has 0 spiro atoms. The number of benzene rings is 2. The molecule has 0 aliphatic carbocycles. The Bertz CT molecular complexity index is 980. The fraction of sp³-hybridized carbons (Fsp3) is 0.320. The molecule has 10 heteroatoms. The molecule has 2 aromatic carbocycles. The van der Waals surface area contributed by atoms with Gasteiger partial charge in [0.2, 0.25) is 0 Å². The summed E-state index contributed by atoms with van der Waals surface area (Å²) in [5.74, 6) is -1.33. The minimum absolute atomic E-state index is 0.161. The first-order valence-electron chi connectivity index (χ1n) is 11.1. The highest BCUT2D eigenvalue weighted by Crippen LogP contribution is 2.10. The van der Waals surface area contributed by atoms with Crippen molar-refractivity contribution in [3.63, 3.8) is 0 Å². The quantitative estimate of drug-likeness (QED) is 0.126. The van der Waals surface area contributed by atoms with Crippen LogP contribution >= 0.6 is 11.6 Å². The van der Waals surface area contributed by atoms with Gasteiger partial charge in [0.1, 0.15) is 6.61 Å². The van der Waals surface area contributed by atoms with Crippen LogP contribution in [-0.2, 0) is 38.8 Å². The van der Waals surface area contributed by atoms with Crippen molar-refractivity contribution < 1.29 is 29.1 Å². The number of alkyl carbamates (subject to hydrolysis) is 1. The van der Waals surface area contributed by atoms with Crippen LogP contribution in [0.15, 0.2) is 60.7 Å². The smallest absolute Gasteiger partial charge is 0.407 e. The number of methoxy groups -OCH3 is 1. The van der Waals surface area contributed by atoms with Gasteiger partial charge >= 0.3 is 12.1 Å². The fourth-order valence-electron chi connectivity index (χ4n) is 2.88. The monoisotopic (exact) mass is 503 g/mol. The van der Waals surface area contributed by atoms with E-state index in [0.717, 1.165) is 35.3 Å². The Morgan fingerprint density at radius 2 is 1.57 bits per heavy atom. The number of carbonyl (C=O) groups excluding carboxylic acids is 3. The number of hydroxylamine groups is 2. The van der Waals surface area contributed by atoms with Crippen LogP contribution in [0.25, 0.3) is 0 Å². The number of ether oxygens (including phenoxy) is 2. The Balaban J connectivity index is 1.57. The molecule has 0 radical (unpaired) electrons. The maximum atomic E-state index is 11.9. The molecule has 35 heavy (non-hydrogen) atoms. The van der Waals surface area contributed by atoms with Crippen LogP contribution in [0.5, 0.6) is 0 Å². The third-order valence-electron chi connectivity index (χ3n) is 4.86. The average molecular weight is 504 g/mol. The van der Waals surface area contributed by atoms with Crippen LogP contribution in [0.2, 0.25) is 5.02 Å². The Kier molecular flexibility index (Phi) is 12.3. The molecule has 2 aromatic rings. The molecule has 188 valence electrons. The van der Waals surface area contributed by atoms with Crippen molar-refractivity contribution in [2.24, 2.45) is 0 Å². The van der Waals surface area contributed by atoms with Crippen molar-refractivity contribution in [2.45, 2.75) is 32.5 Å². The molecule has 0 aliphatic heterocycles. The van der Waals surface area contributed by atoms with Gasteiger partial charge in [-0.15, -0.1) is 0 Å². The number of halogens is 1. The predicted molar refractivity (Wildman–Crippen MR) is 131 cm³/mol. The van der Waals surface area contributed by atoms with E-state index >= 15 is 0 Å². The Hall–Kier alpha value is -3.40. The van der Waals surface area contributed by atoms with Crippen molar-refractivity contribution in [1.82, 2.24) is 15.7 Å². The molecule has 3 N–H and O–H groups in total. The number of hydrogen-bond acceptors (Lipinski definition) is 7. The van der Waals surface area contributed by atoms with Gasteiger partial charge in [-0.05, 0) is 48.2 Å². The molecule has 2 amide bonds. The summed E-state index contributed by atoms with van der Waals surface area (Å²) in [6.45, 7) is 2.06. The Morgan fingerprint density at radius 1 is 0.943 bits per heavy atom. The topological polar surface area (TPSA) is 117 Å². The minimum Gasteiger partial charge on any atom is -0.466 e. The molecule has 0 aliphatic rings. The van der Waals surface area contributed by atoms with E-state index in [0.29, 0.717) is 36.1 Å². The summed E-state index contributed by atoms with van der Waals surface area (Å²) >= 11 is 5.84. The zero-order chi connectivity index (χ0) is 25.5. The average Bonchev–Trinajstić information content (AvgIpc) is 2.87. The normalized spacial score (nSPS) is 10.7. The van der Waals surface area contributed by atoms with Gasteiger partial charge in [-0.1, -0.05) is 48.0 Å². The summed E-state index contributed by atoms with van der Waals surface area (Å²) in [4.78, 5) is 34.4. The summed E-state index contributed by atoms with van der Waals surface area (Å²) in [7, 11) is 1.20. The number of amides is 2. The molecule has 0 heterocycles. The largest absolute Gasteiger partial charge is 0.466 e. The maximum Gasteiger partial charge on any atom is 0.407 e. The number of esters is 1. The number of hydrogen-bond donors (Lipinski definition) is 3. The van der Waals surface area contributed by atoms with Crippen LogP contribution in [0.4, 0.5) is 4.79 Å². The number of unbranched alkanes of at least 4 members (excludes halogenated alkanes) is 1. The van der Waals surface area contributed by atoms with Crippen LogP contribution in [0.1, 0.15) is 29.5 Å². The summed E-state index contributed by atoms with van der Waals surface area (Å²) in [6, 6.07) is 14.9. The summed E-state index contributed by atoms with van der Waals surface area (Å²) in [6.07, 6.45) is 2.78. The molecule has 0 bridgehead atoms. The van der Waals surface area contributed by atoms with Gasteiger partial charge in [-0.25, -0.2) is 14.7 Å². The lowest BCUT2D eigenvalue weighted by Gasteiger charge is -2.12. The molecule has 0 saturated heterocycles. The van der Waals surface area contributed by atoms with Gasteiger partial charge in [0, 0.05) is 36.8 Å². The molecule has 0 unspecified atom stereocenters. The second kappa shape index (κ2) is 15.5. The predicted octanol–water partition coefficient (Wildman–Crippen LogP) is 3.58. The first kappa shape index (κ1) is 27.8. The first-order valence-corrected chi connectivity index (χ1v) is 11.4. The second-order valence-corrected chi connectivity index (χ2v) is 8.01. The second-order valence-electron chi connectivity index (χ2n) is 7.57. The minimum atomic E-state index is -0.675. The SMILES string of the molecule is COC(=O)/C=C/C(=O)N(O)CCCCNCc1ccc(COC(=O)NCc2ccc(Cl)cc2)cc1. The van der Waals surface area contributed by atoms with Crippen molar-refractivity contribution >= 4 is 29.6 Å². The van der Waals surface area contributed by atoms with Gasteiger partial charge in [-0.3, -0.25) is 10.0 Å². The standard InChI is InChI=1S/C25H30ClN3O6/c1-34-24(31)13-12-23(30)29(33)15-3-2-14-27-16-19-4-6-21(7-5-19)18-35-25(32)28-17-20-8-10-22(26)11-9-20/h4-13,27,33H,2-3,14-18H2,1H3,(H,28,32)/b13-12+. The van der Waals surface area contributed by atoms with Gasteiger partial charge in [0.05, 0.1) is 7.11 Å². The zero-order valence-electron chi connectivity index (χ0n) is 19.5. The molecule has 0 fully saturated rings. The highest BCUT2D eigenvalue weighted by molar-refractivity contribution is 6.30. The summed E-state index contributed by atoms with van der Waals surface area (Å²) in [5, 5.41) is 16.9. The van der Waals surface area contributed by atoms with Crippen molar-refractivity contribution in [2.75, 3.05) is 20.2 Å². The lowest BCUT2D eigenvalue weighted by Crippen LogP contribution is -2.27. The molecule has 0 aromatic heterocycles. The molecular weight excluding hydrogens is 474 g/mol. The van der Waals surface area contributed by atoms with Gasteiger partial charge in [0.15, 0.2) is 0 Å². The van der Waals surface area contributed by atoms with E-state index in [1.165, 1.54) is 7.11 Å². The van der Waals surface area contributed by atoms with E-state index < -0.39 is 18.0 Å². The van der Waals surface area contributed by atoms with Gasteiger partial charge in [-0.2, -0.15) is 0 Å².